The molecule has 1 aromatic carbocycles. The minimum atomic E-state index is -0.0563. The Bertz CT molecular complexity index is 374. The van der Waals surface area contributed by atoms with Gasteiger partial charge in [0.25, 0.3) is 0 Å². The zero-order chi connectivity index (χ0) is 12.1. The second kappa shape index (κ2) is 6.02. The van der Waals surface area contributed by atoms with Crippen molar-refractivity contribution in [2.24, 2.45) is 5.92 Å². The second-order valence-electron chi connectivity index (χ2n) is 3.98. The van der Waals surface area contributed by atoms with Crippen LogP contribution in [0, 0.1) is 12.8 Å². The van der Waals surface area contributed by atoms with Crippen molar-refractivity contribution in [2.75, 3.05) is 13.7 Å². The Kier molecular flexibility index (Phi) is 4.97. The summed E-state index contributed by atoms with van der Waals surface area (Å²) in [5, 5.41) is 0.566. The van der Waals surface area contributed by atoms with Crippen LogP contribution in [-0.2, 0) is 4.74 Å². The summed E-state index contributed by atoms with van der Waals surface area (Å²) in [4.78, 5) is 12.1. The van der Waals surface area contributed by atoms with Gasteiger partial charge < -0.3 is 4.74 Å². The van der Waals surface area contributed by atoms with E-state index in [2.05, 4.69) is 0 Å². The molecule has 0 amide bonds. The highest BCUT2D eigenvalue weighted by Gasteiger charge is 2.18. The van der Waals surface area contributed by atoms with Crippen LogP contribution in [0.4, 0.5) is 0 Å². The molecule has 1 atom stereocenters. The van der Waals surface area contributed by atoms with Crippen molar-refractivity contribution in [1.29, 1.82) is 0 Å². The van der Waals surface area contributed by atoms with E-state index >= 15 is 0 Å². The molecule has 1 aromatic rings. The van der Waals surface area contributed by atoms with Crippen LogP contribution in [-0.4, -0.2) is 19.5 Å². The van der Waals surface area contributed by atoms with Crippen molar-refractivity contribution in [1.82, 2.24) is 0 Å². The zero-order valence-corrected chi connectivity index (χ0v) is 10.7. The molecule has 0 spiro atoms. The van der Waals surface area contributed by atoms with Gasteiger partial charge in [-0.25, -0.2) is 0 Å². The maximum absolute atomic E-state index is 12.1. The molecule has 0 aliphatic rings. The van der Waals surface area contributed by atoms with E-state index in [1.54, 1.807) is 13.2 Å². The second-order valence-corrected chi connectivity index (χ2v) is 4.36. The third-order valence-electron chi connectivity index (χ3n) is 2.66. The van der Waals surface area contributed by atoms with Crippen LogP contribution >= 0.6 is 11.6 Å². The molecule has 0 aliphatic carbocycles. The van der Waals surface area contributed by atoms with Crippen molar-refractivity contribution in [3.63, 3.8) is 0 Å². The molecule has 0 radical (unpaired) electrons. The molecule has 0 aromatic heterocycles. The minimum Gasteiger partial charge on any atom is -0.385 e. The number of hydrogen-bond acceptors (Lipinski definition) is 2. The van der Waals surface area contributed by atoms with Gasteiger partial charge in [0.1, 0.15) is 0 Å². The summed E-state index contributed by atoms with van der Waals surface area (Å²) in [5.41, 5.74) is 1.55. The lowest BCUT2D eigenvalue weighted by Crippen LogP contribution is -2.14. The molecular formula is C13H17ClO2. The molecule has 1 unspecified atom stereocenters. The molecule has 2 nitrogen and oxygen atoms in total. The van der Waals surface area contributed by atoms with Gasteiger partial charge in [0.2, 0.25) is 0 Å². The summed E-state index contributed by atoms with van der Waals surface area (Å²) < 4.78 is 4.97. The number of methoxy groups -OCH3 is 1. The number of ketones is 1. The number of benzene rings is 1. The highest BCUT2D eigenvalue weighted by molar-refractivity contribution is 6.34. The van der Waals surface area contributed by atoms with Crippen LogP contribution in [0.3, 0.4) is 0 Å². The number of ether oxygens (including phenoxy) is 1. The standard InChI is InChI=1S/C13H17ClO2/c1-9-5-4-6-11(12(9)14)13(15)10(2)7-8-16-3/h4-6,10H,7-8H2,1-3H3. The summed E-state index contributed by atoms with van der Waals surface area (Å²) in [5.74, 6) is 0.0324. The number of rotatable bonds is 5. The van der Waals surface area contributed by atoms with E-state index in [9.17, 15) is 4.79 Å². The van der Waals surface area contributed by atoms with Crippen LogP contribution in [0.25, 0.3) is 0 Å². The van der Waals surface area contributed by atoms with E-state index in [1.165, 1.54) is 0 Å². The molecule has 88 valence electrons. The topological polar surface area (TPSA) is 26.3 Å². The van der Waals surface area contributed by atoms with Crippen molar-refractivity contribution < 1.29 is 9.53 Å². The summed E-state index contributed by atoms with van der Waals surface area (Å²) in [6, 6.07) is 5.54. The van der Waals surface area contributed by atoms with Crippen molar-refractivity contribution >= 4 is 17.4 Å². The van der Waals surface area contributed by atoms with Gasteiger partial charge in [-0.2, -0.15) is 0 Å². The van der Waals surface area contributed by atoms with Gasteiger partial charge in [-0.3, -0.25) is 4.79 Å². The Morgan fingerprint density at radius 3 is 2.81 bits per heavy atom. The fraction of sp³-hybridized carbons (Fsp3) is 0.462. The van der Waals surface area contributed by atoms with E-state index in [-0.39, 0.29) is 11.7 Å². The quantitative estimate of drug-likeness (QED) is 0.737. The van der Waals surface area contributed by atoms with Crippen LogP contribution in [0.15, 0.2) is 18.2 Å². The van der Waals surface area contributed by atoms with Crippen LogP contribution in [0.1, 0.15) is 29.3 Å². The Hall–Kier alpha value is -0.860. The van der Waals surface area contributed by atoms with E-state index in [0.717, 1.165) is 12.0 Å². The Morgan fingerprint density at radius 1 is 1.50 bits per heavy atom. The van der Waals surface area contributed by atoms with E-state index in [0.29, 0.717) is 17.2 Å². The summed E-state index contributed by atoms with van der Waals surface area (Å²) in [6.45, 7) is 4.40. The van der Waals surface area contributed by atoms with Gasteiger partial charge in [-0.05, 0) is 25.0 Å². The van der Waals surface area contributed by atoms with Gasteiger partial charge in [-0.15, -0.1) is 0 Å². The van der Waals surface area contributed by atoms with E-state index in [1.807, 2.05) is 26.0 Å². The van der Waals surface area contributed by atoms with Gasteiger partial charge >= 0.3 is 0 Å². The first-order valence-electron chi connectivity index (χ1n) is 5.36. The Balaban J connectivity index is 2.84. The SMILES string of the molecule is COCCC(C)C(=O)c1cccc(C)c1Cl. The fourth-order valence-electron chi connectivity index (χ4n) is 1.53. The van der Waals surface area contributed by atoms with Gasteiger partial charge in [0.05, 0.1) is 5.02 Å². The molecule has 0 saturated heterocycles. The molecule has 0 bridgehead atoms. The lowest BCUT2D eigenvalue weighted by Gasteiger charge is -2.11. The smallest absolute Gasteiger partial charge is 0.167 e. The molecular weight excluding hydrogens is 224 g/mol. The Morgan fingerprint density at radius 2 is 2.19 bits per heavy atom. The van der Waals surface area contributed by atoms with E-state index in [4.69, 9.17) is 16.3 Å². The molecule has 0 N–H and O–H groups in total. The predicted molar refractivity (Wildman–Crippen MR) is 66.2 cm³/mol. The first-order valence-corrected chi connectivity index (χ1v) is 5.74. The number of carbonyl (C=O) groups excluding carboxylic acids is 1. The lowest BCUT2D eigenvalue weighted by molar-refractivity contribution is 0.0894. The summed E-state index contributed by atoms with van der Waals surface area (Å²) in [7, 11) is 1.64. The van der Waals surface area contributed by atoms with Crippen LogP contribution in [0.5, 0.6) is 0 Å². The average molecular weight is 241 g/mol. The molecule has 0 fully saturated rings. The number of carbonyl (C=O) groups is 1. The molecule has 0 aliphatic heterocycles. The third-order valence-corrected chi connectivity index (χ3v) is 3.16. The highest BCUT2D eigenvalue weighted by atomic mass is 35.5. The largest absolute Gasteiger partial charge is 0.385 e. The third kappa shape index (κ3) is 3.06. The van der Waals surface area contributed by atoms with Gasteiger partial charge in [-0.1, -0.05) is 30.7 Å². The fourth-order valence-corrected chi connectivity index (χ4v) is 1.75. The van der Waals surface area contributed by atoms with Crippen molar-refractivity contribution in [3.8, 4) is 0 Å². The molecule has 0 saturated carbocycles. The first-order chi connectivity index (χ1) is 7.57. The summed E-state index contributed by atoms with van der Waals surface area (Å²) in [6.07, 6.45) is 0.722. The normalized spacial score (nSPS) is 12.5. The maximum atomic E-state index is 12.1. The van der Waals surface area contributed by atoms with Crippen molar-refractivity contribution in [2.45, 2.75) is 20.3 Å². The predicted octanol–water partition coefficient (Wildman–Crippen LogP) is 3.50. The van der Waals surface area contributed by atoms with Gasteiger partial charge in [0, 0.05) is 25.2 Å². The van der Waals surface area contributed by atoms with Gasteiger partial charge in [0.15, 0.2) is 5.78 Å². The van der Waals surface area contributed by atoms with Crippen LogP contribution in [0.2, 0.25) is 5.02 Å². The monoisotopic (exact) mass is 240 g/mol. The average Bonchev–Trinajstić information content (AvgIpc) is 2.28. The Labute approximate surface area is 102 Å². The number of hydrogen-bond donors (Lipinski definition) is 0. The lowest BCUT2D eigenvalue weighted by atomic mass is 9.95. The van der Waals surface area contributed by atoms with E-state index < -0.39 is 0 Å². The number of halogens is 1. The molecule has 3 heteroatoms. The first kappa shape index (κ1) is 13.2. The van der Waals surface area contributed by atoms with Crippen LogP contribution < -0.4 is 0 Å². The minimum absolute atomic E-state index is 0.0563. The molecule has 0 heterocycles. The number of aryl methyl sites for hydroxylation is 1. The van der Waals surface area contributed by atoms with Crippen molar-refractivity contribution in [3.05, 3.63) is 34.3 Å². The maximum Gasteiger partial charge on any atom is 0.167 e. The highest BCUT2D eigenvalue weighted by Crippen LogP contribution is 2.23. The molecule has 1 rings (SSSR count). The molecule has 16 heavy (non-hydrogen) atoms. The zero-order valence-electron chi connectivity index (χ0n) is 9.92. The number of Topliss-reactive ketones (excluding diaryl/α,β-unsaturated/α-hetero) is 1. The summed E-state index contributed by atoms with van der Waals surface area (Å²) >= 11 is 6.11.